The molecule has 0 bridgehead atoms. The van der Waals surface area contributed by atoms with E-state index in [-0.39, 0.29) is 5.91 Å². The number of amides is 1. The third kappa shape index (κ3) is 19.4. The average Bonchev–Trinajstić information content (AvgIpc) is 2.50. The summed E-state index contributed by atoms with van der Waals surface area (Å²) in [6, 6.07) is 0. The molecule has 0 unspecified atom stereocenters. The number of rotatable bonds is 18. The van der Waals surface area contributed by atoms with Crippen molar-refractivity contribution in [2.75, 3.05) is 13.2 Å². The van der Waals surface area contributed by atoms with Crippen LogP contribution in [0.1, 0.15) is 103 Å². The van der Waals surface area contributed by atoms with E-state index in [2.05, 4.69) is 6.92 Å². The largest absolute Gasteiger partial charge is 0.381 e. The van der Waals surface area contributed by atoms with Gasteiger partial charge in [-0.15, -0.1) is 0 Å². The molecule has 0 aliphatic rings. The second-order valence-corrected chi connectivity index (χ2v) is 6.42. The number of nitrogens with two attached hydrogens (primary N) is 1. The summed E-state index contributed by atoms with van der Waals surface area (Å²) in [6.07, 6.45) is 19.5. The third-order valence-corrected chi connectivity index (χ3v) is 4.14. The van der Waals surface area contributed by atoms with Gasteiger partial charge in [-0.05, 0) is 6.42 Å². The highest BCUT2D eigenvalue weighted by Crippen LogP contribution is 2.12. The maximum atomic E-state index is 10.5. The minimum atomic E-state index is -0.277. The second kappa shape index (κ2) is 18.5. The van der Waals surface area contributed by atoms with E-state index in [4.69, 9.17) is 10.5 Å². The highest BCUT2D eigenvalue weighted by Gasteiger charge is 1.96. The molecule has 3 nitrogen and oxygen atoms in total. The van der Waals surface area contributed by atoms with Gasteiger partial charge in [-0.25, -0.2) is 0 Å². The molecule has 0 aromatic rings. The molecule has 0 heterocycles. The van der Waals surface area contributed by atoms with Gasteiger partial charge in [0.05, 0.1) is 6.61 Å². The van der Waals surface area contributed by atoms with Crippen LogP contribution >= 0.6 is 0 Å². The lowest BCUT2D eigenvalue weighted by Gasteiger charge is -2.04. The van der Waals surface area contributed by atoms with Gasteiger partial charge in [0, 0.05) is 13.0 Å². The van der Waals surface area contributed by atoms with E-state index in [0.29, 0.717) is 13.0 Å². The minimum absolute atomic E-state index is 0.277. The summed E-state index contributed by atoms with van der Waals surface area (Å²) >= 11 is 0. The number of unbranched alkanes of at least 4 members (excludes halogenated alkanes) is 13. The van der Waals surface area contributed by atoms with Crippen molar-refractivity contribution in [3.63, 3.8) is 0 Å². The molecule has 0 fully saturated rings. The van der Waals surface area contributed by atoms with Crippen LogP contribution in [-0.2, 0) is 9.53 Å². The van der Waals surface area contributed by atoms with E-state index in [0.717, 1.165) is 13.0 Å². The first-order valence-electron chi connectivity index (χ1n) is 9.63. The normalized spacial score (nSPS) is 11.0. The van der Waals surface area contributed by atoms with Gasteiger partial charge < -0.3 is 10.5 Å². The molecule has 0 radical (unpaired) electrons. The van der Waals surface area contributed by atoms with Gasteiger partial charge in [-0.2, -0.15) is 0 Å². The summed E-state index contributed by atoms with van der Waals surface area (Å²) in [5.74, 6) is -0.277. The predicted octanol–water partition coefficient (Wildman–Crippen LogP) is 5.36. The standard InChI is InChI=1S/C19H39NO2/c1-2-3-4-5-6-7-8-9-10-11-12-13-14-15-17-22-18-16-19(20)21/h2-18H2,1H3,(H2,20,21). The van der Waals surface area contributed by atoms with Crippen molar-refractivity contribution in [2.45, 2.75) is 103 Å². The second-order valence-electron chi connectivity index (χ2n) is 6.42. The Labute approximate surface area is 138 Å². The molecule has 3 heteroatoms. The summed E-state index contributed by atoms with van der Waals surface area (Å²) in [7, 11) is 0. The first-order valence-corrected chi connectivity index (χ1v) is 9.63. The van der Waals surface area contributed by atoms with E-state index >= 15 is 0 Å². The van der Waals surface area contributed by atoms with Crippen LogP contribution in [0.15, 0.2) is 0 Å². The molecule has 2 N–H and O–H groups in total. The first-order chi connectivity index (χ1) is 10.8. The lowest BCUT2D eigenvalue weighted by molar-refractivity contribution is -0.119. The molecule has 0 atom stereocenters. The molecular weight excluding hydrogens is 274 g/mol. The molecule has 0 aliphatic heterocycles. The highest BCUT2D eigenvalue weighted by atomic mass is 16.5. The lowest BCUT2D eigenvalue weighted by atomic mass is 10.0. The number of ether oxygens (including phenoxy) is 1. The van der Waals surface area contributed by atoms with Crippen molar-refractivity contribution in [2.24, 2.45) is 5.73 Å². The van der Waals surface area contributed by atoms with Crippen LogP contribution in [0.3, 0.4) is 0 Å². The van der Waals surface area contributed by atoms with Crippen LogP contribution in [0.4, 0.5) is 0 Å². The minimum Gasteiger partial charge on any atom is -0.381 e. The van der Waals surface area contributed by atoms with Gasteiger partial charge in [0.2, 0.25) is 5.91 Å². The van der Waals surface area contributed by atoms with Crippen molar-refractivity contribution in [3.8, 4) is 0 Å². The number of hydrogen-bond acceptors (Lipinski definition) is 2. The zero-order valence-corrected chi connectivity index (χ0v) is 14.9. The number of carbonyl (C=O) groups is 1. The summed E-state index contributed by atoms with van der Waals surface area (Å²) in [6.45, 7) is 3.52. The van der Waals surface area contributed by atoms with Crippen molar-refractivity contribution in [1.82, 2.24) is 0 Å². The van der Waals surface area contributed by atoms with E-state index < -0.39 is 0 Å². The number of primary amides is 1. The fourth-order valence-corrected chi connectivity index (χ4v) is 2.67. The lowest BCUT2D eigenvalue weighted by Crippen LogP contribution is -2.13. The molecule has 132 valence electrons. The Bertz CT molecular complexity index is 231. The maximum absolute atomic E-state index is 10.5. The monoisotopic (exact) mass is 313 g/mol. The Morgan fingerprint density at radius 1 is 0.682 bits per heavy atom. The van der Waals surface area contributed by atoms with E-state index in [1.54, 1.807) is 0 Å². The predicted molar refractivity (Wildman–Crippen MR) is 94.9 cm³/mol. The molecule has 0 spiro atoms. The van der Waals surface area contributed by atoms with Crippen molar-refractivity contribution in [1.29, 1.82) is 0 Å². The molecule has 0 saturated carbocycles. The van der Waals surface area contributed by atoms with E-state index in [1.165, 1.54) is 83.5 Å². The summed E-state index contributed by atoms with van der Waals surface area (Å²) in [5, 5.41) is 0. The van der Waals surface area contributed by atoms with Gasteiger partial charge in [0.25, 0.3) is 0 Å². The van der Waals surface area contributed by atoms with Gasteiger partial charge in [0.15, 0.2) is 0 Å². The van der Waals surface area contributed by atoms with Gasteiger partial charge in [0.1, 0.15) is 0 Å². The molecule has 0 rings (SSSR count). The van der Waals surface area contributed by atoms with Gasteiger partial charge in [-0.3, -0.25) is 4.79 Å². The van der Waals surface area contributed by atoms with E-state index in [9.17, 15) is 4.79 Å². The highest BCUT2D eigenvalue weighted by molar-refractivity contribution is 5.73. The third-order valence-electron chi connectivity index (χ3n) is 4.14. The van der Waals surface area contributed by atoms with Crippen molar-refractivity contribution >= 4 is 5.91 Å². The van der Waals surface area contributed by atoms with Crippen LogP contribution in [0.2, 0.25) is 0 Å². The van der Waals surface area contributed by atoms with Crippen LogP contribution in [-0.4, -0.2) is 19.1 Å². The summed E-state index contributed by atoms with van der Waals surface area (Å²) < 4.78 is 5.35. The fraction of sp³-hybridized carbons (Fsp3) is 0.947. The molecule has 22 heavy (non-hydrogen) atoms. The van der Waals surface area contributed by atoms with E-state index in [1.807, 2.05) is 0 Å². The summed E-state index contributed by atoms with van der Waals surface area (Å²) in [4.78, 5) is 10.5. The van der Waals surface area contributed by atoms with Gasteiger partial charge in [-0.1, -0.05) is 90.4 Å². The molecule has 0 aromatic heterocycles. The smallest absolute Gasteiger partial charge is 0.219 e. The molecule has 1 amide bonds. The average molecular weight is 314 g/mol. The van der Waals surface area contributed by atoms with Crippen LogP contribution in [0, 0.1) is 0 Å². The molecule has 0 aromatic carbocycles. The van der Waals surface area contributed by atoms with Crippen LogP contribution in [0.25, 0.3) is 0 Å². The van der Waals surface area contributed by atoms with Crippen LogP contribution < -0.4 is 5.73 Å². The molecule has 0 aliphatic carbocycles. The molecule has 0 saturated heterocycles. The Kier molecular flexibility index (Phi) is 18.0. The number of carbonyl (C=O) groups excluding carboxylic acids is 1. The van der Waals surface area contributed by atoms with Crippen molar-refractivity contribution in [3.05, 3.63) is 0 Å². The fourth-order valence-electron chi connectivity index (χ4n) is 2.67. The van der Waals surface area contributed by atoms with Gasteiger partial charge >= 0.3 is 0 Å². The Morgan fingerprint density at radius 3 is 1.50 bits per heavy atom. The maximum Gasteiger partial charge on any atom is 0.219 e. The zero-order chi connectivity index (χ0) is 16.3. The first kappa shape index (κ1) is 21.4. The SMILES string of the molecule is CCCCCCCCCCCCCCCCOCCC(N)=O. The van der Waals surface area contributed by atoms with Crippen LogP contribution in [0.5, 0.6) is 0 Å². The Morgan fingerprint density at radius 2 is 1.09 bits per heavy atom. The quantitative estimate of drug-likeness (QED) is 0.346. The molecular formula is C19H39NO2. The number of hydrogen-bond donors (Lipinski definition) is 1. The van der Waals surface area contributed by atoms with Crippen molar-refractivity contribution < 1.29 is 9.53 Å². The summed E-state index contributed by atoms with van der Waals surface area (Å²) in [5.41, 5.74) is 5.04. The Hall–Kier alpha value is -0.570. The topological polar surface area (TPSA) is 52.3 Å². The zero-order valence-electron chi connectivity index (χ0n) is 14.9. The Balaban J connectivity index is 2.95.